The van der Waals surface area contributed by atoms with E-state index < -0.39 is 22.7 Å². The fourth-order valence-electron chi connectivity index (χ4n) is 2.69. The monoisotopic (exact) mass is 439 g/mol. The first-order valence-corrected chi connectivity index (χ1v) is 10.6. The molecular weight excluding hydrogens is 418 g/mol. The average Bonchev–Trinajstić information content (AvgIpc) is 2.73. The van der Waals surface area contributed by atoms with Crippen molar-refractivity contribution in [3.8, 4) is 0 Å². The molecule has 0 saturated carbocycles. The van der Waals surface area contributed by atoms with E-state index in [9.17, 15) is 18.7 Å². The van der Waals surface area contributed by atoms with Gasteiger partial charge in [0, 0.05) is 23.0 Å². The highest BCUT2D eigenvalue weighted by molar-refractivity contribution is 8.25. The van der Waals surface area contributed by atoms with Crippen molar-refractivity contribution in [3.05, 3.63) is 90.0 Å². The second-order valence-corrected chi connectivity index (χ2v) is 8.28. The van der Waals surface area contributed by atoms with Crippen molar-refractivity contribution in [1.29, 1.82) is 0 Å². The number of nitrogen functional groups attached to an aromatic ring is 1. The summed E-state index contributed by atoms with van der Waals surface area (Å²) in [5.74, 6) is -1.51. The number of benzene rings is 3. The van der Waals surface area contributed by atoms with Gasteiger partial charge in [0.25, 0.3) is 5.91 Å². The lowest BCUT2D eigenvalue weighted by Crippen LogP contribution is -2.13. The lowest BCUT2D eigenvalue weighted by Gasteiger charge is -2.33. The Bertz CT molecular complexity index is 1120. The van der Waals surface area contributed by atoms with Crippen LogP contribution >= 0.6 is 10.8 Å². The number of carbonyl (C=O) groups is 2. The van der Waals surface area contributed by atoms with Crippen molar-refractivity contribution in [1.82, 2.24) is 0 Å². The largest absolute Gasteiger partial charge is 0.478 e. The molecule has 31 heavy (non-hydrogen) atoms. The molecule has 8 nitrogen and oxygen atoms in total. The maximum atomic E-state index is 12.5. The quantitative estimate of drug-likeness (QED) is 0.230. The van der Waals surface area contributed by atoms with Gasteiger partial charge >= 0.3 is 5.97 Å². The summed E-state index contributed by atoms with van der Waals surface area (Å²) < 4.78 is 23.5. The average molecular weight is 439 g/mol. The Morgan fingerprint density at radius 2 is 1.58 bits per heavy atom. The Labute approximate surface area is 180 Å². The number of carboxylic acid groups (broad SMARTS) is 1. The number of amides is 1. The van der Waals surface area contributed by atoms with Gasteiger partial charge in [-0.3, -0.25) is 18.6 Å². The minimum atomic E-state index is -3.26. The topological polar surface area (TPSA) is 145 Å². The number of aliphatic carboxylic acids is 1. The first-order chi connectivity index (χ1) is 14.7. The van der Waals surface area contributed by atoms with Crippen molar-refractivity contribution in [2.75, 3.05) is 15.8 Å². The van der Waals surface area contributed by atoms with Crippen molar-refractivity contribution >= 4 is 45.8 Å². The third-order valence-electron chi connectivity index (χ3n) is 4.23. The maximum absolute atomic E-state index is 12.5. The second-order valence-electron chi connectivity index (χ2n) is 6.51. The molecule has 0 radical (unpaired) electrons. The molecule has 9 heteroatoms. The van der Waals surface area contributed by atoms with Gasteiger partial charge in [0.15, 0.2) is 0 Å². The van der Waals surface area contributed by atoms with E-state index in [1.54, 1.807) is 42.5 Å². The van der Waals surface area contributed by atoms with Crippen LogP contribution in [0, 0.1) is 0 Å². The molecule has 0 heterocycles. The number of nitrogens with two attached hydrogens (primary N) is 1. The Morgan fingerprint density at radius 1 is 0.903 bits per heavy atom. The van der Waals surface area contributed by atoms with Crippen molar-refractivity contribution in [2.45, 2.75) is 4.90 Å². The molecule has 3 aromatic carbocycles. The molecule has 1 amide bonds. The van der Waals surface area contributed by atoms with Crippen LogP contribution < -0.4 is 15.8 Å². The predicted molar refractivity (Wildman–Crippen MR) is 123 cm³/mol. The van der Waals surface area contributed by atoms with E-state index in [-0.39, 0.29) is 10.6 Å². The highest BCUT2D eigenvalue weighted by atomic mass is 32.3. The van der Waals surface area contributed by atoms with Gasteiger partial charge in [0.1, 0.15) is 0 Å². The van der Waals surface area contributed by atoms with Crippen LogP contribution in [0.1, 0.15) is 15.9 Å². The van der Waals surface area contributed by atoms with Crippen LogP contribution in [0.5, 0.6) is 0 Å². The molecule has 160 valence electrons. The van der Waals surface area contributed by atoms with E-state index >= 15 is 0 Å². The standard InChI is InChI=1S/C22H21N3O5S/c23-20-14-16(7-6-15(20)8-13-21(26)27)22(28)24-17-9-11-19(12-10-17)31(29,30)25-18-4-2-1-3-5-18/h1-14,25,29-30H,23H2,(H,24,28)(H,26,27)/b13-8-. The molecule has 0 spiro atoms. The summed E-state index contributed by atoms with van der Waals surface area (Å²) in [5, 5.41) is 11.4. The molecule has 0 aliphatic heterocycles. The Balaban J connectivity index is 1.68. The highest BCUT2D eigenvalue weighted by Gasteiger charge is 2.16. The third-order valence-corrected chi connectivity index (χ3v) is 5.68. The molecule has 0 fully saturated rings. The minimum absolute atomic E-state index is 0.265. The number of anilines is 3. The van der Waals surface area contributed by atoms with Crippen LogP contribution in [-0.2, 0) is 4.79 Å². The summed E-state index contributed by atoms with van der Waals surface area (Å²) in [6.07, 6.45) is 2.31. The summed E-state index contributed by atoms with van der Waals surface area (Å²) >= 11 is 0. The van der Waals surface area contributed by atoms with Gasteiger partial charge in [-0.1, -0.05) is 35.0 Å². The normalized spacial score (nSPS) is 11.8. The first-order valence-electron chi connectivity index (χ1n) is 9.07. The molecule has 0 saturated heterocycles. The van der Waals surface area contributed by atoms with Crippen LogP contribution in [0.2, 0.25) is 0 Å². The zero-order chi connectivity index (χ0) is 22.4. The van der Waals surface area contributed by atoms with Gasteiger partial charge in [0.05, 0.1) is 10.6 Å². The van der Waals surface area contributed by atoms with Gasteiger partial charge in [-0.2, -0.15) is 0 Å². The van der Waals surface area contributed by atoms with Crippen LogP contribution in [0.15, 0.2) is 83.8 Å². The number of rotatable bonds is 7. The molecule has 0 unspecified atom stereocenters. The number of hydrogen-bond acceptors (Lipinski definition) is 6. The van der Waals surface area contributed by atoms with E-state index in [2.05, 4.69) is 10.0 Å². The van der Waals surface area contributed by atoms with Gasteiger partial charge < -0.3 is 16.2 Å². The first kappa shape index (κ1) is 21.9. The Morgan fingerprint density at radius 3 is 2.19 bits per heavy atom. The number of hydrogen-bond donors (Lipinski definition) is 6. The smallest absolute Gasteiger partial charge is 0.328 e. The zero-order valence-corrected chi connectivity index (χ0v) is 17.0. The molecule has 0 aliphatic carbocycles. The number of carbonyl (C=O) groups excluding carboxylic acids is 1. The van der Waals surface area contributed by atoms with E-state index in [1.165, 1.54) is 30.3 Å². The van der Waals surface area contributed by atoms with Crippen molar-refractivity contribution < 1.29 is 23.8 Å². The number of nitrogens with one attached hydrogen (secondary N) is 2. The second kappa shape index (κ2) is 9.35. The summed E-state index contributed by atoms with van der Waals surface area (Å²) in [6.45, 7) is 0. The van der Waals surface area contributed by atoms with E-state index in [0.29, 0.717) is 22.5 Å². The SMILES string of the molecule is Nc1cc(C(=O)Nc2ccc(S(O)(O)Nc3ccccc3)cc2)ccc1/C=C\C(=O)O. The Kier molecular flexibility index (Phi) is 6.61. The van der Waals surface area contributed by atoms with Gasteiger partial charge in [-0.15, -0.1) is 0 Å². The van der Waals surface area contributed by atoms with Gasteiger partial charge in [0.2, 0.25) is 0 Å². The van der Waals surface area contributed by atoms with Crippen molar-refractivity contribution in [2.24, 2.45) is 0 Å². The summed E-state index contributed by atoms with van der Waals surface area (Å²) in [4.78, 5) is 23.4. The number of para-hydroxylation sites is 1. The predicted octanol–water partition coefficient (Wildman–Crippen LogP) is 4.76. The lowest BCUT2D eigenvalue weighted by molar-refractivity contribution is -0.131. The molecule has 0 bridgehead atoms. The maximum Gasteiger partial charge on any atom is 0.328 e. The lowest BCUT2D eigenvalue weighted by atomic mass is 10.1. The summed E-state index contributed by atoms with van der Waals surface area (Å²) in [7, 11) is -3.26. The van der Waals surface area contributed by atoms with Gasteiger partial charge in [-0.05, 0) is 60.2 Å². The van der Waals surface area contributed by atoms with E-state index in [0.717, 1.165) is 6.08 Å². The van der Waals surface area contributed by atoms with Gasteiger partial charge in [-0.25, -0.2) is 4.79 Å². The van der Waals surface area contributed by atoms with Crippen molar-refractivity contribution in [3.63, 3.8) is 0 Å². The van der Waals surface area contributed by atoms with E-state index in [4.69, 9.17) is 10.8 Å². The highest BCUT2D eigenvalue weighted by Crippen LogP contribution is 2.47. The Hall–Kier alpha value is -3.79. The van der Waals surface area contributed by atoms with E-state index in [1.807, 2.05) is 6.07 Å². The minimum Gasteiger partial charge on any atom is -0.478 e. The number of carboxylic acids is 1. The molecule has 7 N–H and O–H groups in total. The van der Waals surface area contributed by atoms with Crippen LogP contribution in [0.4, 0.5) is 17.1 Å². The summed E-state index contributed by atoms with van der Waals surface area (Å²) in [5.41, 5.74) is 7.96. The van der Waals surface area contributed by atoms with Crippen LogP contribution in [0.3, 0.4) is 0 Å². The molecule has 3 rings (SSSR count). The molecule has 0 atom stereocenters. The van der Waals surface area contributed by atoms with Crippen LogP contribution in [0.25, 0.3) is 6.08 Å². The molecule has 0 aromatic heterocycles. The fourth-order valence-corrected chi connectivity index (χ4v) is 3.79. The zero-order valence-electron chi connectivity index (χ0n) is 16.2. The van der Waals surface area contributed by atoms with Crippen LogP contribution in [-0.4, -0.2) is 26.1 Å². The third kappa shape index (κ3) is 5.86. The summed E-state index contributed by atoms with van der Waals surface area (Å²) in [6, 6.07) is 19.5. The fraction of sp³-hybridized carbons (Fsp3) is 0. The molecule has 0 aliphatic rings. The molecular formula is C22H21N3O5S. The molecule has 3 aromatic rings.